The van der Waals surface area contributed by atoms with Gasteiger partial charge in [-0.05, 0) is 72.0 Å². The summed E-state index contributed by atoms with van der Waals surface area (Å²) in [4.78, 5) is 18.3. The maximum atomic E-state index is 11.8. The number of carbonyl (C=O) groups excluding carboxylic acids is 1. The average Bonchev–Trinajstić information content (AvgIpc) is 3.49. The van der Waals surface area contributed by atoms with Crippen molar-refractivity contribution >= 4 is 22.6 Å². The fourth-order valence-electron chi connectivity index (χ4n) is 4.74. The Morgan fingerprint density at radius 1 is 1.21 bits per heavy atom. The number of aliphatic hydroxyl groups is 1. The van der Waals surface area contributed by atoms with Gasteiger partial charge in [0.05, 0.1) is 12.0 Å². The summed E-state index contributed by atoms with van der Waals surface area (Å²) in [6, 6.07) is 17.5. The molecule has 1 amide bonds. The van der Waals surface area contributed by atoms with Crippen molar-refractivity contribution in [3.63, 3.8) is 0 Å². The Balaban J connectivity index is 1.33. The molecule has 3 N–H and O–H groups in total. The van der Waals surface area contributed by atoms with Crippen molar-refractivity contribution in [3.05, 3.63) is 95.0 Å². The first-order chi connectivity index (χ1) is 16.5. The number of hydrogen-bond donors (Lipinski definition) is 2. The number of nitrogens with two attached hydrogens (primary N) is 1. The number of amides is 1. The molecule has 7 heteroatoms. The van der Waals surface area contributed by atoms with E-state index in [2.05, 4.69) is 16.0 Å². The normalized spacial score (nSPS) is 14.8. The lowest BCUT2D eigenvalue weighted by atomic mass is 10.0. The molecule has 2 aromatic heterocycles. The molecule has 7 nitrogen and oxygen atoms in total. The number of benzene rings is 2. The summed E-state index contributed by atoms with van der Waals surface area (Å²) in [5.41, 5.74) is 11.5. The van der Waals surface area contributed by atoms with Crippen LogP contribution in [0.25, 0.3) is 11.0 Å². The zero-order valence-corrected chi connectivity index (χ0v) is 19.0. The van der Waals surface area contributed by atoms with Crippen LogP contribution in [0.1, 0.15) is 39.2 Å². The Labute approximate surface area is 197 Å². The van der Waals surface area contributed by atoms with E-state index in [1.165, 1.54) is 7.11 Å². The molecule has 0 radical (unpaired) electrons. The molecule has 1 aliphatic rings. The Morgan fingerprint density at radius 3 is 2.88 bits per heavy atom. The summed E-state index contributed by atoms with van der Waals surface area (Å²) in [5, 5.41) is 12.4. The molecule has 0 saturated heterocycles. The Hall–Kier alpha value is -3.68. The van der Waals surface area contributed by atoms with E-state index in [9.17, 15) is 9.90 Å². The molecule has 34 heavy (non-hydrogen) atoms. The predicted molar refractivity (Wildman–Crippen MR) is 130 cm³/mol. The predicted octanol–water partition coefficient (Wildman–Crippen LogP) is 3.76. The molecule has 1 atom stereocenters. The van der Waals surface area contributed by atoms with Crippen LogP contribution < -0.4 is 10.6 Å². The highest BCUT2D eigenvalue weighted by Gasteiger charge is 2.33. The third-order valence-corrected chi connectivity index (χ3v) is 6.60. The molecule has 0 fully saturated rings. The number of furan rings is 1. The molecule has 4 aromatic rings. The quantitative estimate of drug-likeness (QED) is 0.391. The maximum Gasteiger partial charge on any atom is 0.249 e. The fourth-order valence-corrected chi connectivity index (χ4v) is 4.74. The van der Waals surface area contributed by atoms with E-state index in [1.807, 2.05) is 42.5 Å². The van der Waals surface area contributed by atoms with Crippen LogP contribution in [0, 0.1) is 0 Å². The molecule has 2 aromatic carbocycles. The lowest BCUT2D eigenvalue weighted by Crippen LogP contribution is -2.35. The summed E-state index contributed by atoms with van der Waals surface area (Å²) in [5.74, 6) is -1.95. The first-order valence-electron chi connectivity index (χ1n) is 11.3. The van der Waals surface area contributed by atoms with Gasteiger partial charge in [0.25, 0.3) is 0 Å². The molecule has 1 unspecified atom stereocenters. The number of carbonyl (C=O) groups is 1. The number of hydrogen-bond acceptors (Lipinski definition) is 6. The van der Waals surface area contributed by atoms with Gasteiger partial charge in [-0.15, -0.1) is 0 Å². The monoisotopic (exact) mass is 457 g/mol. The highest BCUT2D eigenvalue weighted by atomic mass is 16.6. The van der Waals surface area contributed by atoms with Crippen LogP contribution in [0.3, 0.4) is 0 Å². The molecular formula is C27H27N3O4. The van der Waals surface area contributed by atoms with E-state index in [4.69, 9.17) is 14.9 Å². The van der Waals surface area contributed by atoms with Crippen LogP contribution in [0.5, 0.6) is 0 Å². The zero-order chi connectivity index (χ0) is 23.7. The second kappa shape index (κ2) is 8.93. The van der Waals surface area contributed by atoms with Gasteiger partial charge in [0.1, 0.15) is 5.58 Å². The number of fused-ring (bicyclic) bond motifs is 2. The van der Waals surface area contributed by atoms with Gasteiger partial charge >= 0.3 is 0 Å². The second-order valence-electron chi connectivity index (χ2n) is 8.66. The molecule has 174 valence electrons. The standard InChI is InChI=1S/C27H27N3O4/c1-33-27(32,10-13-30-12-8-21-22(26(28)31)3-2-4-23(21)30)25-17-19(7-11-29-25)15-18-5-6-24-20(16-18)9-14-34-24/h2-7,9,11,14,16-17,32H,8,10,12-13,15H2,1H3,(H2,28,31). The lowest BCUT2D eigenvalue weighted by Gasteiger charge is -2.29. The third kappa shape index (κ3) is 4.16. The first kappa shape index (κ1) is 22.1. The van der Waals surface area contributed by atoms with Gasteiger partial charge in [-0.1, -0.05) is 12.1 Å². The smallest absolute Gasteiger partial charge is 0.249 e. The summed E-state index contributed by atoms with van der Waals surface area (Å²) >= 11 is 0. The van der Waals surface area contributed by atoms with Crippen LogP contribution in [-0.4, -0.2) is 36.2 Å². The van der Waals surface area contributed by atoms with Crippen molar-refractivity contribution in [2.75, 3.05) is 25.1 Å². The van der Waals surface area contributed by atoms with Crippen molar-refractivity contribution < 1.29 is 19.1 Å². The topological polar surface area (TPSA) is 102 Å². The van der Waals surface area contributed by atoms with Crippen molar-refractivity contribution in [2.24, 2.45) is 5.73 Å². The lowest BCUT2D eigenvalue weighted by molar-refractivity contribution is -0.200. The van der Waals surface area contributed by atoms with Gasteiger partial charge in [-0.2, -0.15) is 0 Å². The molecular weight excluding hydrogens is 430 g/mol. The summed E-state index contributed by atoms with van der Waals surface area (Å²) in [7, 11) is 1.49. The van der Waals surface area contributed by atoms with Crippen LogP contribution in [0.2, 0.25) is 0 Å². The largest absolute Gasteiger partial charge is 0.464 e. The minimum atomic E-state index is -1.53. The van der Waals surface area contributed by atoms with Gasteiger partial charge in [0.15, 0.2) is 0 Å². The number of methoxy groups -OCH3 is 1. The van der Waals surface area contributed by atoms with Crippen molar-refractivity contribution in [2.45, 2.75) is 25.0 Å². The molecule has 0 saturated carbocycles. The highest BCUT2D eigenvalue weighted by Crippen LogP contribution is 2.33. The fraction of sp³-hybridized carbons (Fsp3) is 0.259. The van der Waals surface area contributed by atoms with Gasteiger partial charge < -0.3 is 24.9 Å². The van der Waals surface area contributed by atoms with Crippen molar-refractivity contribution in [3.8, 4) is 0 Å². The molecule has 0 bridgehead atoms. The summed E-state index contributed by atoms with van der Waals surface area (Å²) in [6.07, 6.45) is 5.15. The number of primary amides is 1. The Bertz CT molecular complexity index is 1350. The van der Waals surface area contributed by atoms with Gasteiger partial charge in [-0.25, -0.2) is 0 Å². The second-order valence-corrected chi connectivity index (χ2v) is 8.66. The minimum Gasteiger partial charge on any atom is -0.464 e. The van der Waals surface area contributed by atoms with Crippen LogP contribution in [-0.2, 0) is 23.4 Å². The maximum absolute atomic E-state index is 11.8. The zero-order valence-electron chi connectivity index (χ0n) is 19.0. The number of ether oxygens (including phenoxy) is 1. The van der Waals surface area contributed by atoms with Crippen LogP contribution in [0.15, 0.2) is 71.5 Å². The van der Waals surface area contributed by atoms with E-state index < -0.39 is 11.7 Å². The van der Waals surface area contributed by atoms with Gasteiger partial charge in [0, 0.05) is 49.5 Å². The molecule has 1 aliphatic heterocycles. The van der Waals surface area contributed by atoms with Crippen LogP contribution in [0.4, 0.5) is 5.69 Å². The highest BCUT2D eigenvalue weighted by molar-refractivity contribution is 5.96. The van der Waals surface area contributed by atoms with Crippen molar-refractivity contribution in [1.29, 1.82) is 0 Å². The summed E-state index contributed by atoms with van der Waals surface area (Å²) in [6.45, 7) is 1.30. The number of anilines is 1. The Morgan fingerprint density at radius 2 is 2.06 bits per heavy atom. The van der Waals surface area contributed by atoms with E-state index in [0.29, 0.717) is 30.6 Å². The number of rotatable bonds is 8. The molecule has 0 spiro atoms. The first-order valence-corrected chi connectivity index (χ1v) is 11.3. The number of aromatic nitrogens is 1. The van der Waals surface area contributed by atoms with Crippen LogP contribution >= 0.6 is 0 Å². The number of nitrogens with zero attached hydrogens (tertiary/aromatic N) is 2. The van der Waals surface area contributed by atoms with E-state index in [1.54, 1.807) is 18.5 Å². The van der Waals surface area contributed by atoms with Crippen molar-refractivity contribution in [1.82, 2.24) is 4.98 Å². The minimum absolute atomic E-state index is 0.321. The third-order valence-electron chi connectivity index (χ3n) is 6.60. The number of pyridine rings is 1. The molecule has 0 aliphatic carbocycles. The Kier molecular flexibility index (Phi) is 5.81. The molecule has 3 heterocycles. The van der Waals surface area contributed by atoms with E-state index >= 15 is 0 Å². The SMILES string of the molecule is COC(O)(CCN1CCc2c(C(N)=O)cccc21)c1cc(Cc2ccc3occc3c2)ccn1. The van der Waals surface area contributed by atoms with Gasteiger partial charge in [-0.3, -0.25) is 9.78 Å². The van der Waals surface area contributed by atoms with Gasteiger partial charge in [0.2, 0.25) is 11.7 Å². The summed E-state index contributed by atoms with van der Waals surface area (Å²) < 4.78 is 11.0. The molecule has 5 rings (SSSR count). The van der Waals surface area contributed by atoms with E-state index in [0.717, 1.165) is 46.3 Å². The van der Waals surface area contributed by atoms with E-state index in [-0.39, 0.29) is 0 Å². The average molecular weight is 458 g/mol.